The highest BCUT2D eigenvalue weighted by Gasteiger charge is 2.30. The summed E-state index contributed by atoms with van der Waals surface area (Å²) in [5.74, 6) is 1.81. The summed E-state index contributed by atoms with van der Waals surface area (Å²) in [7, 11) is 0. The van der Waals surface area contributed by atoms with Gasteiger partial charge in [-0.3, -0.25) is 4.79 Å². The molecular weight excluding hydrogens is 268 g/mol. The minimum absolute atomic E-state index is 0.181. The first kappa shape index (κ1) is 11.9. The van der Waals surface area contributed by atoms with Crippen LogP contribution in [0.4, 0.5) is 0 Å². The molecule has 2 rings (SSSR count). The van der Waals surface area contributed by atoms with Crippen LogP contribution in [0.2, 0.25) is 0 Å². The highest BCUT2D eigenvalue weighted by atomic mass is 79.9. The molecule has 3 atom stereocenters. The molecule has 1 aliphatic carbocycles. The van der Waals surface area contributed by atoms with E-state index in [4.69, 9.17) is 4.42 Å². The van der Waals surface area contributed by atoms with Gasteiger partial charge in [0.2, 0.25) is 0 Å². The van der Waals surface area contributed by atoms with Gasteiger partial charge in [0.05, 0.1) is 11.8 Å². The fraction of sp³-hybridized carbons (Fsp3) is 0.615. The SMILES string of the molecule is CC1CCC(C(=O)c2ccoc2Br)CC1C. The molecule has 0 saturated heterocycles. The first-order valence-corrected chi connectivity index (χ1v) is 6.66. The third-order valence-corrected chi connectivity index (χ3v) is 4.47. The standard InChI is InChI=1S/C13H17BrO2/c1-8-3-4-10(7-9(8)2)12(15)11-5-6-16-13(11)14/h5-6,8-10H,3-4,7H2,1-2H3. The van der Waals surface area contributed by atoms with Gasteiger partial charge in [0.15, 0.2) is 10.5 Å². The lowest BCUT2D eigenvalue weighted by atomic mass is 9.73. The molecule has 0 bridgehead atoms. The summed E-state index contributed by atoms with van der Waals surface area (Å²) in [4.78, 5) is 12.2. The van der Waals surface area contributed by atoms with E-state index in [2.05, 4.69) is 29.8 Å². The zero-order valence-electron chi connectivity index (χ0n) is 9.70. The second-order valence-electron chi connectivity index (χ2n) is 4.94. The monoisotopic (exact) mass is 284 g/mol. The number of halogens is 1. The molecule has 1 heterocycles. The highest BCUT2D eigenvalue weighted by molar-refractivity contribution is 9.10. The van der Waals surface area contributed by atoms with Crippen LogP contribution < -0.4 is 0 Å². The van der Waals surface area contributed by atoms with E-state index in [1.54, 1.807) is 12.3 Å². The van der Waals surface area contributed by atoms with E-state index in [0.717, 1.165) is 25.2 Å². The Morgan fingerprint density at radius 3 is 2.69 bits per heavy atom. The summed E-state index contributed by atoms with van der Waals surface area (Å²) in [6.45, 7) is 4.52. The summed E-state index contributed by atoms with van der Waals surface area (Å²) in [6, 6.07) is 1.76. The zero-order valence-corrected chi connectivity index (χ0v) is 11.3. The van der Waals surface area contributed by atoms with Crippen molar-refractivity contribution in [2.24, 2.45) is 17.8 Å². The maximum Gasteiger partial charge on any atom is 0.179 e. The second kappa shape index (κ2) is 4.74. The molecule has 2 nitrogen and oxygen atoms in total. The molecular formula is C13H17BrO2. The van der Waals surface area contributed by atoms with Gasteiger partial charge < -0.3 is 4.42 Å². The quantitative estimate of drug-likeness (QED) is 0.758. The molecule has 0 amide bonds. The molecule has 3 heteroatoms. The minimum atomic E-state index is 0.181. The molecule has 1 aliphatic rings. The predicted molar refractivity (Wildman–Crippen MR) is 66.4 cm³/mol. The number of hydrogen-bond acceptors (Lipinski definition) is 2. The Hall–Kier alpha value is -0.570. The Morgan fingerprint density at radius 2 is 2.12 bits per heavy atom. The molecule has 0 aromatic carbocycles. The summed E-state index contributed by atoms with van der Waals surface area (Å²) in [5, 5.41) is 0. The van der Waals surface area contributed by atoms with E-state index >= 15 is 0 Å². The van der Waals surface area contributed by atoms with E-state index in [-0.39, 0.29) is 11.7 Å². The molecule has 1 aromatic rings. The molecule has 1 saturated carbocycles. The van der Waals surface area contributed by atoms with Crippen molar-refractivity contribution in [2.75, 3.05) is 0 Å². The molecule has 88 valence electrons. The van der Waals surface area contributed by atoms with Gasteiger partial charge in [-0.05, 0) is 53.1 Å². The molecule has 0 radical (unpaired) electrons. The third kappa shape index (κ3) is 2.24. The smallest absolute Gasteiger partial charge is 0.179 e. The van der Waals surface area contributed by atoms with Crippen molar-refractivity contribution in [2.45, 2.75) is 33.1 Å². The molecule has 0 spiro atoms. The summed E-state index contributed by atoms with van der Waals surface area (Å²) in [6.07, 6.45) is 4.75. The van der Waals surface area contributed by atoms with Crippen molar-refractivity contribution in [1.82, 2.24) is 0 Å². The minimum Gasteiger partial charge on any atom is -0.457 e. The van der Waals surface area contributed by atoms with E-state index < -0.39 is 0 Å². The second-order valence-corrected chi connectivity index (χ2v) is 5.66. The van der Waals surface area contributed by atoms with Crippen LogP contribution in [-0.2, 0) is 0 Å². The Balaban J connectivity index is 2.09. The number of carbonyl (C=O) groups is 1. The average Bonchev–Trinajstić information content (AvgIpc) is 2.67. The Bertz CT molecular complexity index is 383. The van der Waals surface area contributed by atoms with Crippen LogP contribution in [-0.4, -0.2) is 5.78 Å². The Kier molecular flexibility index (Phi) is 3.53. The van der Waals surface area contributed by atoms with Crippen LogP contribution in [0.1, 0.15) is 43.5 Å². The van der Waals surface area contributed by atoms with Gasteiger partial charge >= 0.3 is 0 Å². The lowest BCUT2D eigenvalue weighted by Gasteiger charge is -2.31. The normalized spacial score (nSPS) is 30.3. The van der Waals surface area contributed by atoms with Crippen LogP contribution in [0.3, 0.4) is 0 Å². The fourth-order valence-corrected chi connectivity index (χ4v) is 2.91. The van der Waals surface area contributed by atoms with Crippen LogP contribution in [0.25, 0.3) is 0 Å². The number of furan rings is 1. The third-order valence-electron chi connectivity index (χ3n) is 3.85. The van der Waals surface area contributed by atoms with Gasteiger partial charge in [0, 0.05) is 5.92 Å². The van der Waals surface area contributed by atoms with Gasteiger partial charge in [-0.25, -0.2) is 0 Å². The molecule has 16 heavy (non-hydrogen) atoms. The van der Waals surface area contributed by atoms with Crippen molar-refractivity contribution in [1.29, 1.82) is 0 Å². The van der Waals surface area contributed by atoms with Crippen molar-refractivity contribution >= 4 is 21.7 Å². The van der Waals surface area contributed by atoms with E-state index in [1.807, 2.05) is 0 Å². The first-order chi connectivity index (χ1) is 7.59. The van der Waals surface area contributed by atoms with E-state index in [9.17, 15) is 4.79 Å². The number of Topliss-reactive ketones (excluding diaryl/α,β-unsaturated/α-hetero) is 1. The summed E-state index contributed by atoms with van der Waals surface area (Å²) in [5.41, 5.74) is 0.701. The van der Waals surface area contributed by atoms with Crippen molar-refractivity contribution in [3.63, 3.8) is 0 Å². The molecule has 0 N–H and O–H groups in total. The number of hydrogen-bond donors (Lipinski definition) is 0. The average molecular weight is 285 g/mol. The van der Waals surface area contributed by atoms with Crippen LogP contribution in [0.15, 0.2) is 21.4 Å². The van der Waals surface area contributed by atoms with Gasteiger partial charge in [-0.15, -0.1) is 0 Å². The molecule has 1 aromatic heterocycles. The van der Waals surface area contributed by atoms with Gasteiger partial charge in [-0.1, -0.05) is 13.8 Å². The van der Waals surface area contributed by atoms with Crippen LogP contribution in [0, 0.1) is 17.8 Å². The zero-order chi connectivity index (χ0) is 11.7. The highest BCUT2D eigenvalue weighted by Crippen LogP contribution is 2.36. The Morgan fingerprint density at radius 1 is 1.38 bits per heavy atom. The number of ketones is 1. The van der Waals surface area contributed by atoms with Crippen LogP contribution >= 0.6 is 15.9 Å². The fourth-order valence-electron chi connectivity index (χ4n) is 2.48. The van der Waals surface area contributed by atoms with Crippen molar-refractivity contribution in [3.05, 3.63) is 22.6 Å². The topological polar surface area (TPSA) is 30.2 Å². The maximum atomic E-state index is 12.2. The predicted octanol–water partition coefficient (Wildman–Crippen LogP) is 4.30. The summed E-state index contributed by atoms with van der Waals surface area (Å²) >= 11 is 3.27. The largest absolute Gasteiger partial charge is 0.457 e. The van der Waals surface area contributed by atoms with Gasteiger partial charge in [0.25, 0.3) is 0 Å². The lowest BCUT2D eigenvalue weighted by molar-refractivity contribution is 0.0836. The number of rotatable bonds is 2. The number of carbonyl (C=O) groups excluding carboxylic acids is 1. The molecule has 3 unspecified atom stereocenters. The van der Waals surface area contributed by atoms with Gasteiger partial charge in [0.1, 0.15) is 0 Å². The summed E-state index contributed by atoms with van der Waals surface area (Å²) < 4.78 is 5.69. The van der Waals surface area contributed by atoms with E-state index in [0.29, 0.717) is 16.2 Å². The maximum absolute atomic E-state index is 12.2. The van der Waals surface area contributed by atoms with Gasteiger partial charge in [-0.2, -0.15) is 0 Å². The molecule has 1 fully saturated rings. The van der Waals surface area contributed by atoms with Crippen molar-refractivity contribution < 1.29 is 9.21 Å². The first-order valence-electron chi connectivity index (χ1n) is 5.86. The molecule has 0 aliphatic heterocycles. The lowest BCUT2D eigenvalue weighted by Crippen LogP contribution is -2.26. The van der Waals surface area contributed by atoms with E-state index in [1.165, 1.54) is 0 Å². The van der Waals surface area contributed by atoms with Crippen molar-refractivity contribution in [3.8, 4) is 0 Å². The van der Waals surface area contributed by atoms with Crippen LogP contribution in [0.5, 0.6) is 0 Å². The Labute approximate surface area is 105 Å².